The van der Waals surface area contributed by atoms with Gasteiger partial charge in [0.05, 0.1) is 13.2 Å². The molecule has 2 saturated heterocycles. The lowest BCUT2D eigenvalue weighted by Gasteiger charge is -2.47. The zero-order valence-electron chi connectivity index (χ0n) is 21.3. The number of esters is 1. The quantitative estimate of drug-likeness (QED) is 0.415. The summed E-state index contributed by atoms with van der Waals surface area (Å²) in [6, 6.07) is 22.9. The van der Waals surface area contributed by atoms with Crippen molar-refractivity contribution in [2.24, 2.45) is 0 Å². The van der Waals surface area contributed by atoms with Crippen LogP contribution in [0.4, 0.5) is 0 Å². The van der Waals surface area contributed by atoms with Crippen molar-refractivity contribution in [2.75, 3.05) is 13.2 Å². The first kappa shape index (κ1) is 26.7. The van der Waals surface area contributed by atoms with Gasteiger partial charge in [-0.3, -0.25) is 4.79 Å². The molecule has 7 nitrogen and oxygen atoms in total. The van der Waals surface area contributed by atoms with Crippen molar-refractivity contribution in [1.29, 1.82) is 0 Å². The number of hydrogen-bond donors (Lipinski definition) is 1. The lowest BCUT2D eigenvalue weighted by Crippen LogP contribution is -2.60. The van der Waals surface area contributed by atoms with Gasteiger partial charge in [0, 0.05) is 17.5 Å². The largest absolute Gasteiger partial charge is 0.494 e. The van der Waals surface area contributed by atoms with Crippen molar-refractivity contribution < 1.29 is 33.6 Å². The van der Waals surface area contributed by atoms with E-state index in [4.69, 9.17) is 35.3 Å². The van der Waals surface area contributed by atoms with Crippen molar-refractivity contribution in [2.45, 2.75) is 57.1 Å². The van der Waals surface area contributed by atoms with Gasteiger partial charge in [-0.05, 0) is 48.2 Å². The zero-order valence-corrected chi connectivity index (χ0v) is 22.0. The van der Waals surface area contributed by atoms with Crippen LogP contribution < -0.4 is 4.74 Å². The predicted octanol–water partition coefficient (Wildman–Crippen LogP) is 5.18. The van der Waals surface area contributed by atoms with Crippen molar-refractivity contribution in [3.63, 3.8) is 0 Å². The van der Waals surface area contributed by atoms with Crippen LogP contribution >= 0.6 is 11.6 Å². The van der Waals surface area contributed by atoms with E-state index < -0.39 is 42.8 Å². The molecule has 38 heavy (non-hydrogen) atoms. The van der Waals surface area contributed by atoms with Crippen molar-refractivity contribution >= 4 is 17.6 Å². The Bertz CT molecular complexity index is 1230. The van der Waals surface area contributed by atoms with Gasteiger partial charge in [-0.1, -0.05) is 66.2 Å². The molecular formula is C30H31ClO7. The minimum atomic E-state index is -1.12. The van der Waals surface area contributed by atoms with E-state index in [2.05, 4.69) is 0 Å². The summed E-state index contributed by atoms with van der Waals surface area (Å²) < 4.78 is 29.6. The number of benzene rings is 3. The standard InChI is InChI=1S/C30H31ClO7/c1-3-34-23-12-9-19(10-13-23)15-22-16-21(11-14-24(22)31)27-29(36-18(2)32)26(33)28-25(37-27)17-35-30(38-28)20-7-5-4-6-8-20/h4-14,16,25-30,33H,3,15,17H2,1-2H3. The van der Waals surface area contributed by atoms with Gasteiger partial charge < -0.3 is 28.8 Å². The molecule has 2 fully saturated rings. The first-order chi connectivity index (χ1) is 18.4. The van der Waals surface area contributed by atoms with Gasteiger partial charge in [-0.25, -0.2) is 0 Å². The second-order valence-corrected chi connectivity index (χ2v) is 9.85. The van der Waals surface area contributed by atoms with Crippen molar-refractivity contribution in [3.05, 3.63) is 100 Å². The lowest BCUT2D eigenvalue weighted by molar-refractivity contribution is -0.330. The molecule has 5 rings (SSSR count). The molecule has 6 unspecified atom stereocenters. The molecular weight excluding hydrogens is 508 g/mol. The molecule has 0 aliphatic carbocycles. The van der Waals surface area contributed by atoms with E-state index in [-0.39, 0.29) is 6.61 Å². The highest BCUT2D eigenvalue weighted by atomic mass is 35.5. The molecule has 0 aromatic heterocycles. The first-order valence-corrected chi connectivity index (χ1v) is 13.1. The van der Waals surface area contributed by atoms with Gasteiger partial charge in [0.1, 0.15) is 30.2 Å². The summed E-state index contributed by atoms with van der Waals surface area (Å²) >= 11 is 6.56. The highest BCUT2D eigenvalue weighted by Gasteiger charge is 2.51. The third kappa shape index (κ3) is 5.87. The Labute approximate surface area is 227 Å². The van der Waals surface area contributed by atoms with Crippen LogP contribution in [0, 0.1) is 0 Å². The van der Waals surface area contributed by atoms with Crippen LogP contribution in [0.5, 0.6) is 5.75 Å². The fourth-order valence-corrected chi connectivity index (χ4v) is 5.15. The average molecular weight is 539 g/mol. The number of fused-ring (bicyclic) bond motifs is 1. The molecule has 2 aliphatic rings. The Balaban J connectivity index is 1.38. The number of aliphatic hydroxyl groups excluding tert-OH is 1. The number of rotatable bonds is 7. The normalized spacial score (nSPS) is 26.8. The van der Waals surface area contributed by atoms with Crippen LogP contribution in [0.25, 0.3) is 0 Å². The summed E-state index contributed by atoms with van der Waals surface area (Å²) in [4.78, 5) is 12.0. The maximum absolute atomic E-state index is 12.0. The number of halogens is 1. The summed E-state index contributed by atoms with van der Waals surface area (Å²) in [6.07, 6.45) is -4.17. The van der Waals surface area contributed by atoms with Gasteiger partial charge in [-0.2, -0.15) is 0 Å². The third-order valence-corrected chi connectivity index (χ3v) is 7.12. The highest BCUT2D eigenvalue weighted by molar-refractivity contribution is 6.31. The van der Waals surface area contributed by atoms with Crippen LogP contribution in [0.2, 0.25) is 5.02 Å². The van der Waals surface area contributed by atoms with E-state index >= 15 is 0 Å². The maximum atomic E-state index is 12.0. The van der Waals surface area contributed by atoms with E-state index in [0.717, 1.165) is 28.0 Å². The number of carbonyl (C=O) groups is 1. The van der Waals surface area contributed by atoms with Gasteiger partial charge >= 0.3 is 5.97 Å². The number of ether oxygens (including phenoxy) is 5. The summed E-state index contributed by atoms with van der Waals surface area (Å²) in [7, 11) is 0. The fraction of sp³-hybridized carbons (Fsp3) is 0.367. The molecule has 2 aliphatic heterocycles. The van der Waals surface area contributed by atoms with Crippen LogP contribution in [-0.2, 0) is 30.2 Å². The Kier molecular flexibility index (Phi) is 8.31. The minimum absolute atomic E-state index is 0.219. The zero-order chi connectivity index (χ0) is 26.6. The smallest absolute Gasteiger partial charge is 0.303 e. The van der Waals surface area contributed by atoms with Crippen LogP contribution in [-0.4, -0.2) is 48.7 Å². The molecule has 0 spiro atoms. The van der Waals surface area contributed by atoms with Crippen LogP contribution in [0.1, 0.15) is 48.5 Å². The number of aliphatic hydroxyl groups is 1. The molecule has 2 heterocycles. The van der Waals surface area contributed by atoms with E-state index in [1.807, 2.05) is 73.7 Å². The van der Waals surface area contributed by atoms with Gasteiger partial charge in [-0.15, -0.1) is 0 Å². The molecule has 0 bridgehead atoms. The fourth-order valence-electron chi connectivity index (χ4n) is 4.97. The SMILES string of the molecule is CCOc1ccc(Cc2cc(C3OC4COC(c5ccccc5)OC4C(O)C3OC(C)=O)ccc2Cl)cc1. The molecule has 3 aromatic carbocycles. The summed E-state index contributed by atoms with van der Waals surface area (Å²) in [5, 5.41) is 12.0. The maximum Gasteiger partial charge on any atom is 0.303 e. The van der Waals surface area contributed by atoms with E-state index in [9.17, 15) is 9.90 Å². The first-order valence-electron chi connectivity index (χ1n) is 12.8. The molecule has 200 valence electrons. The summed E-state index contributed by atoms with van der Waals surface area (Å²) in [5.41, 5.74) is 3.52. The Morgan fingerprint density at radius 2 is 1.79 bits per heavy atom. The molecule has 3 aromatic rings. The van der Waals surface area contributed by atoms with Crippen molar-refractivity contribution in [1.82, 2.24) is 0 Å². The van der Waals surface area contributed by atoms with Gasteiger partial charge in [0.15, 0.2) is 12.4 Å². The Hall–Kier alpha value is -2.94. The second-order valence-electron chi connectivity index (χ2n) is 9.44. The van der Waals surface area contributed by atoms with Gasteiger partial charge in [0.2, 0.25) is 0 Å². The average Bonchev–Trinajstić information content (AvgIpc) is 2.93. The molecule has 6 atom stereocenters. The molecule has 0 amide bonds. The predicted molar refractivity (Wildman–Crippen MR) is 141 cm³/mol. The Morgan fingerprint density at radius 1 is 1.03 bits per heavy atom. The van der Waals surface area contributed by atoms with Gasteiger partial charge in [0.25, 0.3) is 0 Å². The molecule has 8 heteroatoms. The van der Waals surface area contributed by atoms with E-state index in [1.165, 1.54) is 6.92 Å². The van der Waals surface area contributed by atoms with E-state index in [1.54, 1.807) is 6.07 Å². The molecule has 1 N–H and O–H groups in total. The second kappa shape index (κ2) is 11.8. The summed E-state index contributed by atoms with van der Waals surface area (Å²) in [5.74, 6) is 0.294. The van der Waals surface area contributed by atoms with Crippen LogP contribution in [0.3, 0.4) is 0 Å². The van der Waals surface area contributed by atoms with Crippen LogP contribution in [0.15, 0.2) is 72.8 Å². The number of hydrogen-bond acceptors (Lipinski definition) is 7. The topological polar surface area (TPSA) is 83.5 Å². The third-order valence-electron chi connectivity index (χ3n) is 6.75. The summed E-state index contributed by atoms with van der Waals surface area (Å²) in [6.45, 7) is 4.08. The minimum Gasteiger partial charge on any atom is -0.494 e. The highest BCUT2D eigenvalue weighted by Crippen LogP contribution is 2.41. The molecule has 0 saturated carbocycles. The lowest BCUT2D eigenvalue weighted by atomic mass is 9.89. The van der Waals surface area contributed by atoms with E-state index in [0.29, 0.717) is 18.1 Å². The van der Waals surface area contributed by atoms with Crippen molar-refractivity contribution in [3.8, 4) is 5.75 Å². The Morgan fingerprint density at radius 3 is 2.50 bits per heavy atom. The number of carbonyl (C=O) groups excluding carboxylic acids is 1. The molecule has 0 radical (unpaired) electrons. The monoisotopic (exact) mass is 538 g/mol.